The van der Waals surface area contributed by atoms with Crippen molar-refractivity contribution in [1.82, 2.24) is 5.32 Å². The summed E-state index contributed by atoms with van der Waals surface area (Å²) in [5.74, 6) is 0.376. The molecular weight excluding hydrogens is 334 g/mol. The highest BCUT2D eigenvalue weighted by atomic mass is 79.9. The van der Waals surface area contributed by atoms with Crippen molar-refractivity contribution in [1.29, 1.82) is 0 Å². The number of benzene rings is 2. The molecule has 0 radical (unpaired) electrons. The van der Waals surface area contributed by atoms with Crippen LogP contribution >= 0.6 is 28.6 Å². The summed E-state index contributed by atoms with van der Waals surface area (Å²) in [6.07, 6.45) is 1.05. The van der Waals surface area contributed by atoms with Crippen molar-refractivity contribution in [3.8, 4) is 0 Å². The molecule has 0 saturated carbocycles. The topological polar surface area (TPSA) is 29.1 Å². The van der Waals surface area contributed by atoms with Gasteiger partial charge in [0, 0.05) is 21.8 Å². The lowest BCUT2D eigenvalue weighted by Gasteiger charge is -2.30. The van der Waals surface area contributed by atoms with Crippen molar-refractivity contribution < 1.29 is 4.79 Å². The lowest BCUT2D eigenvalue weighted by Crippen LogP contribution is -2.33. The van der Waals surface area contributed by atoms with E-state index >= 15 is 0 Å². The highest BCUT2D eigenvalue weighted by Crippen LogP contribution is 2.34. The molecule has 102 valence electrons. The molecule has 0 saturated heterocycles. The van der Waals surface area contributed by atoms with E-state index in [9.17, 15) is 4.79 Å². The van der Waals surface area contributed by atoms with Crippen molar-refractivity contribution in [2.45, 2.75) is 17.2 Å². The minimum Gasteiger partial charge on any atom is -0.351 e. The second-order valence-electron chi connectivity index (χ2n) is 4.97. The fraction of sp³-hybridized carbons (Fsp3) is 0.188. The minimum atomic E-state index is -0.0631. The molecule has 1 atom stereocenters. The van der Waals surface area contributed by atoms with Crippen LogP contribution in [0.5, 0.6) is 0 Å². The van der Waals surface area contributed by atoms with Crippen LogP contribution in [0, 0.1) is 0 Å². The molecule has 2 aromatic carbocycles. The average molecular weight is 348 g/mol. The second-order valence-corrected chi connectivity index (χ2v) is 6.37. The molecule has 1 unspecified atom stereocenters. The summed E-state index contributed by atoms with van der Waals surface area (Å²) in [5, 5.41) is 3.00. The van der Waals surface area contributed by atoms with Crippen molar-refractivity contribution in [3.63, 3.8) is 0 Å². The number of rotatable bonds is 3. The predicted molar refractivity (Wildman–Crippen MR) is 86.6 cm³/mol. The highest BCUT2D eigenvalue weighted by Gasteiger charge is 2.25. The summed E-state index contributed by atoms with van der Waals surface area (Å²) in [5.41, 5.74) is 3.36. The van der Waals surface area contributed by atoms with Gasteiger partial charge in [0.05, 0.1) is 5.56 Å². The number of amides is 1. The molecular formula is C16H14BrNOS. The van der Waals surface area contributed by atoms with Gasteiger partial charge in [-0.05, 0) is 35.7 Å². The molecule has 2 nitrogen and oxygen atoms in total. The van der Waals surface area contributed by atoms with Gasteiger partial charge in [0.25, 0.3) is 5.91 Å². The van der Waals surface area contributed by atoms with Crippen molar-refractivity contribution in [3.05, 3.63) is 63.6 Å². The van der Waals surface area contributed by atoms with Crippen LogP contribution in [0.3, 0.4) is 0 Å². The number of hydrogen-bond acceptors (Lipinski definition) is 2. The number of carbonyl (C=O) groups is 1. The van der Waals surface area contributed by atoms with Gasteiger partial charge in [0.15, 0.2) is 0 Å². The van der Waals surface area contributed by atoms with Crippen LogP contribution in [0.25, 0.3) is 0 Å². The van der Waals surface area contributed by atoms with E-state index < -0.39 is 0 Å². The van der Waals surface area contributed by atoms with Gasteiger partial charge in [-0.1, -0.05) is 40.2 Å². The molecule has 1 amide bonds. The molecule has 0 spiro atoms. The first-order valence-electron chi connectivity index (χ1n) is 6.49. The summed E-state index contributed by atoms with van der Waals surface area (Å²) in [6, 6.07) is 13.9. The molecule has 0 aliphatic heterocycles. The summed E-state index contributed by atoms with van der Waals surface area (Å²) >= 11 is 7.71. The number of halogens is 1. The number of thiol groups is 1. The lowest BCUT2D eigenvalue weighted by atomic mass is 9.77. The zero-order chi connectivity index (χ0) is 14.1. The van der Waals surface area contributed by atoms with E-state index in [1.807, 2.05) is 18.2 Å². The third-order valence-electron chi connectivity index (χ3n) is 3.67. The quantitative estimate of drug-likeness (QED) is 0.812. The summed E-state index contributed by atoms with van der Waals surface area (Å²) in [6.45, 7) is 0.680. The van der Waals surface area contributed by atoms with Gasteiger partial charge in [0.2, 0.25) is 0 Å². The highest BCUT2D eigenvalue weighted by molar-refractivity contribution is 9.10. The van der Waals surface area contributed by atoms with E-state index in [-0.39, 0.29) is 5.91 Å². The Morgan fingerprint density at radius 3 is 2.85 bits per heavy atom. The number of hydrogen-bond donors (Lipinski definition) is 2. The number of nitrogens with one attached hydrogen (secondary N) is 1. The fourth-order valence-electron chi connectivity index (χ4n) is 2.55. The van der Waals surface area contributed by atoms with Gasteiger partial charge in [0.1, 0.15) is 0 Å². The smallest absolute Gasteiger partial charge is 0.252 e. The molecule has 1 aliphatic carbocycles. The third-order valence-corrected chi connectivity index (χ3v) is 4.54. The van der Waals surface area contributed by atoms with Crippen molar-refractivity contribution in [2.75, 3.05) is 6.54 Å². The van der Waals surface area contributed by atoms with Crippen LogP contribution < -0.4 is 5.32 Å². The second kappa shape index (κ2) is 5.62. The first-order valence-corrected chi connectivity index (χ1v) is 7.73. The van der Waals surface area contributed by atoms with Gasteiger partial charge in [-0.3, -0.25) is 4.79 Å². The van der Waals surface area contributed by atoms with Crippen LogP contribution in [-0.2, 0) is 6.42 Å². The van der Waals surface area contributed by atoms with E-state index in [1.54, 1.807) is 6.07 Å². The van der Waals surface area contributed by atoms with Crippen LogP contribution in [0.4, 0.5) is 0 Å². The Labute approximate surface area is 132 Å². The Morgan fingerprint density at radius 2 is 2.10 bits per heavy atom. The maximum atomic E-state index is 12.2. The predicted octanol–water partition coefficient (Wildman–Crippen LogP) is 3.81. The molecule has 1 N–H and O–H groups in total. The molecule has 1 aliphatic rings. The zero-order valence-electron chi connectivity index (χ0n) is 10.8. The molecule has 4 heteroatoms. The summed E-state index contributed by atoms with van der Waals surface area (Å²) in [7, 11) is 0. The molecule has 0 fully saturated rings. The van der Waals surface area contributed by atoms with E-state index in [1.165, 1.54) is 11.1 Å². The van der Waals surface area contributed by atoms with E-state index in [0.717, 1.165) is 10.9 Å². The average Bonchev–Trinajstić information content (AvgIpc) is 2.39. The van der Waals surface area contributed by atoms with Crippen LogP contribution in [0.1, 0.15) is 27.4 Å². The summed E-state index contributed by atoms with van der Waals surface area (Å²) < 4.78 is 0.923. The Morgan fingerprint density at radius 1 is 1.30 bits per heavy atom. The van der Waals surface area contributed by atoms with Crippen LogP contribution in [-0.4, -0.2) is 12.5 Å². The van der Waals surface area contributed by atoms with Crippen molar-refractivity contribution in [2.24, 2.45) is 0 Å². The Balaban J connectivity index is 1.64. The molecule has 0 bridgehead atoms. The normalized spacial score (nSPS) is 16.2. The van der Waals surface area contributed by atoms with Gasteiger partial charge < -0.3 is 5.32 Å². The SMILES string of the molecule is O=C(NCC1Cc2ccccc21)c1ccc(Br)cc1S. The Bertz CT molecular complexity index is 671. The first kappa shape index (κ1) is 13.7. The van der Waals surface area contributed by atoms with Gasteiger partial charge in [-0.2, -0.15) is 0 Å². The monoisotopic (exact) mass is 347 g/mol. The largest absolute Gasteiger partial charge is 0.351 e. The Kier molecular flexibility index (Phi) is 3.85. The number of carbonyl (C=O) groups excluding carboxylic acids is 1. The number of fused-ring (bicyclic) bond motifs is 1. The van der Waals surface area contributed by atoms with E-state index in [4.69, 9.17) is 0 Å². The third kappa shape index (κ3) is 2.63. The first-order chi connectivity index (χ1) is 9.65. The van der Waals surface area contributed by atoms with Gasteiger partial charge in [-0.25, -0.2) is 0 Å². The lowest BCUT2D eigenvalue weighted by molar-refractivity contribution is 0.0947. The molecule has 3 rings (SSSR count). The van der Waals surface area contributed by atoms with Crippen molar-refractivity contribution >= 4 is 34.5 Å². The summed E-state index contributed by atoms with van der Waals surface area (Å²) in [4.78, 5) is 12.8. The molecule has 0 aromatic heterocycles. The van der Waals surface area contributed by atoms with E-state index in [2.05, 4.69) is 52.1 Å². The Hall–Kier alpha value is -1.26. The standard InChI is InChI=1S/C16H14BrNOS/c17-12-5-6-14(15(20)8-12)16(19)18-9-11-7-10-3-1-2-4-13(10)11/h1-6,8,11,20H,7,9H2,(H,18,19). The minimum absolute atomic E-state index is 0.0631. The van der Waals surface area contributed by atoms with E-state index in [0.29, 0.717) is 22.9 Å². The maximum Gasteiger partial charge on any atom is 0.252 e. The van der Waals surface area contributed by atoms with Gasteiger partial charge in [-0.15, -0.1) is 12.6 Å². The fourth-order valence-corrected chi connectivity index (χ4v) is 3.41. The molecule has 2 aromatic rings. The maximum absolute atomic E-state index is 12.2. The van der Waals surface area contributed by atoms with Crippen LogP contribution in [0.15, 0.2) is 51.8 Å². The van der Waals surface area contributed by atoms with Crippen LogP contribution in [0.2, 0.25) is 0 Å². The van der Waals surface area contributed by atoms with Gasteiger partial charge >= 0.3 is 0 Å². The molecule has 20 heavy (non-hydrogen) atoms. The molecule has 0 heterocycles. The zero-order valence-corrected chi connectivity index (χ0v) is 13.2.